The summed E-state index contributed by atoms with van der Waals surface area (Å²) in [6, 6.07) is 26.1. The number of nitrogens with zero attached hydrogens (tertiary/aromatic N) is 2. The quantitative estimate of drug-likeness (QED) is 0.271. The zero-order valence-corrected chi connectivity index (χ0v) is 22.1. The SMILES string of the molecule is COc1ccc(C(OC[C@H]2O[C@@H](n3ccc(N)nc3=O)[C@H](O)C2O)(c2ccccc2)c2ccc(OC)cc2)cc1. The Morgan fingerprint density at radius 1 is 0.850 bits per heavy atom. The third-order valence-corrected chi connectivity index (χ3v) is 7.10. The summed E-state index contributed by atoms with van der Waals surface area (Å²) >= 11 is 0. The van der Waals surface area contributed by atoms with Crippen LogP contribution in [-0.2, 0) is 15.1 Å². The summed E-state index contributed by atoms with van der Waals surface area (Å²) in [5.74, 6) is 1.41. The maximum atomic E-state index is 12.4. The van der Waals surface area contributed by atoms with Crippen molar-refractivity contribution in [3.8, 4) is 11.5 Å². The van der Waals surface area contributed by atoms with Gasteiger partial charge in [0, 0.05) is 6.20 Å². The Morgan fingerprint density at radius 3 is 1.93 bits per heavy atom. The topological polar surface area (TPSA) is 138 Å². The van der Waals surface area contributed by atoms with Crippen LogP contribution in [0.1, 0.15) is 22.9 Å². The van der Waals surface area contributed by atoms with Crippen molar-refractivity contribution in [3.05, 3.63) is 118 Å². The zero-order valence-electron chi connectivity index (χ0n) is 22.1. The van der Waals surface area contributed by atoms with E-state index in [-0.39, 0.29) is 12.4 Å². The van der Waals surface area contributed by atoms with E-state index in [9.17, 15) is 15.0 Å². The predicted molar refractivity (Wildman–Crippen MR) is 147 cm³/mol. The van der Waals surface area contributed by atoms with Crippen molar-refractivity contribution < 1.29 is 29.2 Å². The van der Waals surface area contributed by atoms with Gasteiger partial charge in [0.1, 0.15) is 41.2 Å². The van der Waals surface area contributed by atoms with Gasteiger partial charge >= 0.3 is 5.69 Å². The molecule has 0 radical (unpaired) electrons. The van der Waals surface area contributed by atoms with Crippen LogP contribution >= 0.6 is 0 Å². The lowest BCUT2D eigenvalue weighted by Crippen LogP contribution is -2.39. The summed E-state index contributed by atoms with van der Waals surface area (Å²) in [6.45, 7) is -0.126. The highest BCUT2D eigenvalue weighted by Gasteiger charge is 2.46. The summed E-state index contributed by atoms with van der Waals surface area (Å²) in [7, 11) is 3.20. The van der Waals surface area contributed by atoms with E-state index in [1.54, 1.807) is 14.2 Å². The van der Waals surface area contributed by atoms with E-state index in [1.165, 1.54) is 12.3 Å². The Morgan fingerprint density at radius 2 is 1.40 bits per heavy atom. The molecule has 0 amide bonds. The third kappa shape index (κ3) is 5.05. The molecule has 0 bridgehead atoms. The molecule has 3 aromatic carbocycles. The summed E-state index contributed by atoms with van der Waals surface area (Å²) in [5, 5.41) is 21.7. The van der Waals surface area contributed by atoms with E-state index in [2.05, 4.69) is 4.98 Å². The molecule has 10 nitrogen and oxygen atoms in total. The van der Waals surface area contributed by atoms with Crippen molar-refractivity contribution in [1.29, 1.82) is 0 Å². The van der Waals surface area contributed by atoms with Crippen molar-refractivity contribution in [1.82, 2.24) is 9.55 Å². The van der Waals surface area contributed by atoms with Gasteiger partial charge in [0.05, 0.1) is 20.8 Å². The summed E-state index contributed by atoms with van der Waals surface area (Å²) in [5.41, 5.74) is 6.18. The van der Waals surface area contributed by atoms with Crippen molar-refractivity contribution in [3.63, 3.8) is 0 Å². The molecule has 2 heterocycles. The molecule has 5 rings (SSSR count). The number of methoxy groups -OCH3 is 2. The summed E-state index contributed by atoms with van der Waals surface area (Å²) < 4.78 is 24.6. The standard InChI is InChI=1S/C30H31N3O7/c1-37-22-12-8-20(9-13-22)30(19-6-4-3-5-7-19,21-10-14-23(38-2)15-11-21)39-18-24-26(34)27(35)28(40-24)33-17-16-25(31)32-29(33)36/h3-17,24,26-28,34-35H,18H2,1-2H3,(H2,31,32,36)/t24-,26?,27-,28-/m1/s1. The molecule has 208 valence electrons. The fourth-order valence-electron chi connectivity index (χ4n) is 5.00. The largest absolute Gasteiger partial charge is 0.497 e. The highest BCUT2D eigenvalue weighted by molar-refractivity contribution is 5.49. The molecule has 0 aliphatic carbocycles. The Bertz CT molecular complexity index is 1430. The lowest BCUT2D eigenvalue weighted by molar-refractivity contribution is -0.0958. The first kappa shape index (κ1) is 27.4. The van der Waals surface area contributed by atoms with Gasteiger partial charge in [0.25, 0.3) is 0 Å². The fourth-order valence-corrected chi connectivity index (χ4v) is 5.00. The Hall–Kier alpha value is -4.22. The maximum absolute atomic E-state index is 12.4. The lowest BCUT2D eigenvalue weighted by atomic mass is 9.80. The van der Waals surface area contributed by atoms with Gasteiger partial charge in [0.2, 0.25) is 0 Å². The maximum Gasteiger partial charge on any atom is 0.351 e. The fraction of sp³-hybridized carbons (Fsp3) is 0.267. The van der Waals surface area contributed by atoms with E-state index in [0.29, 0.717) is 11.5 Å². The molecule has 40 heavy (non-hydrogen) atoms. The number of hydrogen-bond donors (Lipinski definition) is 3. The molecule has 10 heteroatoms. The Balaban J connectivity index is 1.55. The molecule has 1 fully saturated rings. The highest BCUT2D eigenvalue weighted by Crippen LogP contribution is 2.42. The van der Waals surface area contributed by atoms with Crippen molar-refractivity contribution in [2.75, 3.05) is 26.6 Å². The third-order valence-electron chi connectivity index (χ3n) is 7.10. The molecule has 1 aromatic heterocycles. The number of benzene rings is 3. The first-order valence-corrected chi connectivity index (χ1v) is 12.7. The number of aliphatic hydroxyl groups is 2. The van der Waals surface area contributed by atoms with Crippen molar-refractivity contribution in [2.24, 2.45) is 0 Å². The van der Waals surface area contributed by atoms with Gasteiger partial charge in [-0.25, -0.2) is 4.79 Å². The number of nitrogen functional groups attached to an aromatic ring is 1. The average molecular weight is 546 g/mol. The van der Waals surface area contributed by atoms with Gasteiger partial charge in [-0.15, -0.1) is 0 Å². The monoisotopic (exact) mass is 545 g/mol. The molecule has 0 spiro atoms. The highest BCUT2D eigenvalue weighted by atomic mass is 16.6. The van der Waals surface area contributed by atoms with Crippen molar-refractivity contribution >= 4 is 5.82 Å². The second-order valence-electron chi connectivity index (χ2n) is 9.40. The van der Waals surface area contributed by atoms with Gasteiger partial charge in [0.15, 0.2) is 6.23 Å². The molecular weight excluding hydrogens is 514 g/mol. The first-order valence-electron chi connectivity index (χ1n) is 12.7. The first-order chi connectivity index (χ1) is 19.4. The number of nitrogens with two attached hydrogens (primary N) is 1. The number of hydrogen-bond acceptors (Lipinski definition) is 9. The number of aromatic nitrogens is 2. The molecule has 1 aliphatic rings. The number of aliphatic hydroxyl groups excluding tert-OH is 2. The van der Waals surface area contributed by atoms with Crippen molar-refractivity contribution in [2.45, 2.75) is 30.1 Å². The molecule has 1 unspecified atom stereocenters. The number of ether oxygens (including phenoxy) is 4. The second kappa shape index (κ2) is 11.5. The molecular formula is C30H31N3O7. The molecule has 0 saturated carbocycles. The lowest BCUT2D eigenvalue weighted by Gasteiger charge is -2.37. The van der Waals surface area contributed by atoms with Crippen LogP contribution in [0.3, 0.4) is 0 Å². The minimum atomic E-state index is -1.40. The van der Waals surface area contributed by atoms with Crippen LogP contribution in [0.4, 0.5) is 5.82 Å². The molecule has 4 atom stereocenters. The van der Waals surface area contributed by atoms with Crippen LogP contribution in [0.2, 0.25) is 0 Å². The second-order valence-corrected chi connectivity index (χ2v) is 9.40. The van der Waals surface area contributed by atoms with E-state index in [1.807, 2.05) is 78.9 Å². The zero-order chi connectivity index (χ0) is 28.3. The van der Waals surface area contributed by atoms with E-state index in [4.69, 9.17) is 24.7 Å². The van der Waals surface area contributed by atoms with Gasteiger partial charge < -0.3 is 34.9 Å². The van der Waals surface area contributed by atoms with Crippen LogP contribution in [0.5, 0.6) is 11.5 Å². The Kier molecular flexibility index (Phi) is 7.85. The smallest absolute Gasteiger partial charge is 0.351 e. The molecule has 4 aromatic rings. The molecule has 1 aliphatic heterocycles. The van der Waals surface area contributed by atoms with E-state index < -0.39 is 35.8 Å². The van der Waals surface area contributed by atoms with Crippen LogP contribution in [0.25, 0.3) is 0 Å². The summed E-state index contributed by atoms with van der Waals surface area (Å²) in [4.78, 5) is 16.1. The van der Waals surface area contributed by atoms with Gasteiger partial charge in [-0.2, -0.15) is 4.98 Å². The van der Waals surface area contributed by atoms with E-state index in [0.717, 1.165) is 21.3 Å². The summed E-state index contributed by atoms with van der Waals surface area (Å²) in [6.07, 6.45) is -3.50. The minimum absolute atomic E-state index is 0.0424. The molecule has 1 saturated heterocycles. The van der Waals surface area contributed by atoms with Crippen LogP contribution in [0.15, 0.2) is 95.9 Å². The van der Waals surface area contributed by atoms with Crippen LogP contribution < -0.4 is 20.9 Å². The Labute approximate surface area is 231 Å². The molecule has 4 N–H and O–H groups in total. The predicted octanol–water partition coefficient (Wildman–Crippen LogP) is 2.47. The van der Waals surface area contributed by atoms with Crippen LogP contribution in [-0.4, -0.2) is 58.9 Å². The number of anilines is 1. The normalized spacial score (nSPS) is 20.8. The minimum Gasteiger partial charge on any atom is -0.497 e. The number of rotatable bonds is 9. The van der Waals surface area contributed by atoms with E-state index >= 15 is 0 Å². The van der Waals surface area contributed by atoms with Gasteiger partial charge in [-0.05, 0) is 47.0 Å². The van der Waals surface area contributed by atoms with Gasteiger partial charge in [-0.3, -0.25) is 4.57 Å². The van der Waals surface area contributed by atoms with Crippen LogP contribution in [0, 0.1) is 0 Å². The van der Waals surface area contributed by atoms with Gasteiger partial charge in [-0.1, -0.05) is 54.6 Å². The average Bonchev–Trinajstić information content (AvgIpc) is 3.27.